The van der Waals surface area contributed by atoms with Crippen LogP contribution >= 0.6 is 11.6 Å². The summed E-state index contributed by atoms with van der Waals surface area (Å²) in [6.07, 6.45) is 3.66. The van der Waals surface area contributed by atoms with Crippen LogP contribution in [-0.2, 0) is 0 Å². The SMILES string of the molecule is Cc1ccnc(C2CC2)c1-n1c(=O)[nH]c(=O)c2cc(F)c(Cl)nc21. The molecule has 0 aliphatic heterocycles. The maximum absolute atomic E-state index is 13.7. The van der Waals surface area contributed by atoms with E-state index in [1.807, 2.05) is 6.92 Å². The van der Waals surface area contributed by atoms with Gasteiger partial charge in [0.1, 0.15) is 0 Å². The highest BCUT2D eigenvalue weighted by Gasteiger charge is 2.30. The molecule has 1 aliphatic carbocycles. The van der Waals surface area contributed by atoms with E-state index in [1.54, 1.807) is 12.3 Å². The van der Waals surface area contributed by atoms with Crippen LogP contribution in [-0.4, -0.2) is 19.5 Å². The molecule has 0 radical (unpaired) electrons. The van der Waals surface area contributed by atoms with Crippen molar-refractivity contribution in [3.05, 3.63) is 61.4 Å². The Labute approximate surface area is 140 Å². The lowest BCUT2D eigenvalue weighted by Crippen LogP contribution is -2.31. The van der Waals surface area contributed by atoms with Crippen molar-refractivity contribution in [2.24, 2.45) is 0 Å². The molecule has 24 heavy (non-hydrogen) atoms. The predicted octanol–water partition coefficient (Wildman–Crippen LogP) is 2.45. The molecule has 0 saturated heterocycles. The molecular formula is C16H12ClFN4O2. The van der Waals surface area contributed by atoms with E-state index in [1.165, 1.54) is 4.57 Å². The van der Waals surface area contributed by atoms with Gasteiger partial charge in [-0.25, -0.2) is 18.7 Å². The lowest BCUT2D eigenvalue weighted by atomic mass is 10.1. The fourth-order valence-electron chi connectivity index (χ4n) is 2.84. The second-order valence-corrected chi connectivity index (χ2v) is 6.22. The maximum Gasteiger partial charge on any atom is 0.334 e. The van der Waals surface area contributed by atoms with Crippen molar-refractivity contribution in [2.45, 2.75) is 25.7 Å². The van der Waals surface area contributed by atoms with E-state index in [-0.39, 0.29) is 17.0 Å². The first-order chi connectivity index (χ1) is 11.5. The molecule has 0 aromatic carbocycles. The van der Waals surface area contributed by atoms with E-state index in [0.29, 0.717) is 5.69 Å². The van der Waals surface area contributed by atoms with E-state index in [4.69, 9.17) is 11.6 Å². The van der Waals surface area contributed by atoms with E-state index in [2.05, 4.69) is 15.0 Å². The molecule has 0 amide bonds. The van der Waals surface area contributed by atoms with Gasteiger partial charge in [0.25, 0.3) is 5.56 Å². The third-order valence-electron chi connectivity index (χ3n) is 4.14. The summed E-state index contributed by atoms with van der Waals surface area (Å²) in [5.41, 5.74) is 0.816. The minimum atomic E-state index is -0.815. The number of aromatic nitrogens is 4. The van der Waals surface area contributed by atoms with Crippen LogP contribution in [0.1, 0.15) is 30.0 Å². The third-order valence-corrected chi connectivity index (χ3v) is 4.40. The number of hydrogen-bond acceptors (Lipinski definition) is 4. The Kier molecular flexibility index (Phi) is 3.28. The quantitative estimate of drug-likeness (QED) is 0.723. The first-order valence-electron chi connectivity index (χ1n) is 7.44. The van der Waals surface area contributed by atoms with Gasteiger partial charge in [-0.2, -0.15) is 0 Å². The predicted molar refractivity (Wildman–Crippen MR) is 87.4 cm³/mol. The van der Waals surface area contributed by atoms with Crippen LogP contribution < -0.4 is 11.2 Å². The topological polar surface area (TPSA) is 80.6 Å². The van der Waals surface area contributed by atoms with Crippen molar-refractivity contribution in [3.63, 3.8) is 0 Å². The molecule has 122 valence electrons. The number of fused-ring (bicyclic) bond motifs is 1. The zero-order valence-electron chi connectivity index (χ0n) is 12.6. The van der Waals surface area contributed by atoms with Gasteiger partial charge in [0, 0.05) is 12.1 Å². The number of nitrogens with zero attached hydrogens (tertiary/aromatic N) is 3. The normalized spacial score (nSPS) is 14.3. The molecule has 1 aliphatic rings. The molecule has 0 atom stereocenters. The summed E-state index contributed by atoms with van der Waals surface area (Å²) >= 11 is 5.78. The molecular weight excluding hydrogens is 335 g/mol. The molecule has 0 spiro atoms. The van der Waals surface area contributed by atoms with Crippen LogP contribution in [0.25, 0.3) is 16.7 Å². The summed E-state index contributed by atoms with van der Waals surface area (Å²) in [4.78, 5) is 35.1. The molecule has 1 N–H and O–H groups in total. The van der Waals surface area contributed by atoms with Crippen LogP contribution in [0.4, 0.5) is 4.39 Å². The number of halogens is 2. The molecule has 0 unspecified atom stereocenters. The van der Waals surface area contributed by atoms with Crippen molar-refractivity contribution in [2.75, 3.05) is 0 Å². The minimum absolute atomic E-state index is 0.0214. The molecule has 3 aromatic rings. The first kappa shape index (κ1) is 15.0. The highest BCUT2D eigenvalue weighted by molar-refractivity contribution is 6.29. The van der Waals surface area contributed by atoms with E-state index >= 15 is 0 Å². The minimum Gasteiger partial charge on any atom is -0.273 e. The van der Waals surface area contributed by atoms with Crippen molar-refractivity contribution in [1.29, 1.82) is 0 Å². The number of aromatic amines is 1. The Morgan fingerprint density at radius 3 is 2.83 bits per heavy atom. The Balaban J connectivity index is 2.18. The summed E-state index contributed by atoms with van der Waals surface area (Å²) in [6.45, 7) is 1.84. The smallest absolute Gasteiger partial charge is 0.273 e. The van der Waals surface area contributed by atoms with Gasteiger partial charge in [-0.3, -0.25) is 14.8 Å². The van der Waals surface area contributed by atoms with Gasteiger partial charge in [-0.15, -0.1) is 0 Å². The van der Waals surface area contributed by atoms with E-state index < -0.39 is 22.2 Å². The monoisotopic (exact) mass is 346 g/mol. The van der Waals surface area contributed by atoms with Crippen LogP contribution in [0.2, 0.25) is 5.15 Å². The molecule has 6 nitrogen and oxygen atoms in total. The number of aryl methyl sites for hydroxylation is 1. The van der Waals surface area contributed by atoms with Crippen LogP contribution in [0.15, 0.2) is 27.9 Å². The van der Waals surface area contributed by atoms with Crippen LogP contribution in [0, 0.1) is 12.7 Å². The maximum atomic E-state index is 13.7. The molecule has 3 heterocycles. The van der Waals surface area contributed by atoms with Gasteiger partial charge >= 0.3 is 5.69 Å². The van der Waals surface area contributed by atoms with Gasteiger partial charge in [0.05, 0.1) is 16.8 Å². The lowest BCUT2D eigenvalue weighted by molar-refractivity contribution is 0.623. The number of nitrogens with one attached hydrogen (secondary N) is 1. The Morgan fingerprint density at radius 2 is 2.12 bits per heavy atom. The largest absolute Gasteiger partial charge is 0.334 e. The van der Waals surface area contributed by atoms with E-state index in [0.717, 1.165) is 30.2 Å². The summed E-state index contributed by atoms with van der Waals surface area (Å²) < 4.78 is 15.0. The Bertz CT molecular complexity index is 1100. The lowest BCUT2D eigenvalue weighted by Gasteiger charge is -2.15. The molecule has 3 aromatic heterocycles. The molecule has 4 rings (SSSR count). The van der Waals surface area contributed by atoms with Crippen molar-refractivity contribution < 1.29 is 4.39 Å². The van der Waals surface area contributed by atoms with Gasteiger partial charge in [0.15, 0.2) is 16.6 Å². The summed E-state index contributed by atoms with van der Waals surface area (Å²) in [5.74, 6) is -0.546. The molecule has 8 heteroatoms. The van der Waals surface area contributed by atoms with Crippen molar-refractivity contribution >= 4 is 22.6 Å². The highest BCUT2D eigenvalue weighted by Crippen LogP contribution is 2.42. The zero-order chi connectivity index (χ0) is 17.0. The number of rotatable bonds is 2. The highest BCUT2D eigenvalue weighted by atomic mass is 35.5. The summed E-state index contributed by atoms with van der Waals surface area (Å²) in [7, 11) is 0. The first-order valence-corrected chi connectivity index (χ1v) is 7.82. The fraction of sp³-hybridized carbons (Fsp3) is 0.250. The molecule has 1 fully saturated rings. The standard InChI is InChI=1S/C16H12ClFN4O2/c1-7-4-5-19-11(8-2-3-8)12(7)22-14-9(15(23)21-16(22)24)6-10(18)13(17)20-14/h4-6,8H,2-3H2,1H3,(H,21,23,24). The molecule has 0 bridgehead atoms. The zero-order valence-corrected chi connectivity index (χ0v) is 13.4. The molecule has 1 saturated carbocycles. The van der Waals surface area contributed by atoms with Gasteiger partial charge < -0.3 is 0 Å². The Hall–Kier alpha value is -2.54. The van der Waals surface area contributed by atoms with Crippen molar-refractivity contribution in [1.82, 2.24) is 19.5 Å². The summed E-state index contributed by atoms with van der Waals surface area (Å²) in [6, 6.07) is 2.76. The number of H-pyrrole nitrogens is 1. The van der Waals surface area contributed by atoms with Crippen LogP contribution in [0.5, 0.6) is 0 Å². The number of pyridine rings is 2. The third kappa shape index (κ3) is 2.24. The van der Waals surface area contributed by atoms with E-state index in [9.17, 15) is 14.0 Å². The fourth-order valence-corrected chi connectivity index (χ4v) is 2.97. The number of hydrogen-bond donors (Lipinski definition) is 1. The second kappa shape index (κ2) is 5.24. The van der Waals surface area contributed by atoms with Gasteiger partial charge in [-0.05, 0) is 37.5 Å². The summed E-state index contributed by atoms with van der Waals surface area (Å²) in [5, 5.41) is -0.433. The second-order valence-electron chi connectivity index (χ2n) is 5.86. The average Bonchev–Trinajstić information content (AvgIpc) is 3.35. The van der Waals surface area contributed by atoms with Crippen molar-refractivity contribution in [3.8, 4) is 5.69 Å². The van der Waals surface area contributed by atoms with Gasteiger partial charge in [0.2, 0.25) is 0 Å². The van der Waals surface area contributed by atoms with Gasteiger partial charge in [-0.1, -0.05) is 11.6 Å². The average molecular weight is 347 g/mol. The Morgan fingerprint density at radius 1 is 1.38 bits per heavy atom. The van der Waals surface area contributed by atoms with Crippen LogP contribution in [0.3, 0.4) is 0 Å².